The van der Waals surface area contributed by atoms with Crippen molar-refractivity contribution in [3.8, 4) is 5.75 Å². The largest absolute Gasteiger partial charge is 0.484 e. The minimum atomic E-state index is -0.429. The predicted octanol–water partition coefficient (Wildman–Crippen LogP) is 4.05. The van der Waals surface area contributed by atoms with Gasteiger partial charge in [-0.1, -0.05) is 6.07 Å². The zero-order valence-corrected chi connectivity index (χ0v) is 15.3. The number of hydrogen-bond acceptors (Lipinski definition) is 3. The molecule has 1 aliphatic rings. The summed E-state index contributed by atoms with van der Waals surface area (Å²) in [5.41, 5.74) is 0.964. The summed E-state index contributed by atoms with van der Waals surface area (Å²) in [4.78, 5) is 14.2. The van der Waals surface area contributed by atoms with Gasteiger partial charge in [0.25, 0.3) is 5.91 Å². The number of amides is 1. The number of nitrogens with zero attached hydrogens (tertiary/aromatic N) is 1. The molecule has 1 heterocycles. The maximum absolute atomic E-state index is 14.2. The fourth-order valence-electron chi connectivity index (χ4n) is 2.71. The van der Waals surface area contributed by atoms with Crippen LogP contribution in [-0.2, 0) is 4.79 Å². The van der Waals surface area contributed by atoms with Crippen molar-refractivity contribution < 1.29 is 13.9 Å². The highest BCUT2D eigenvalue weighted by atomic mass is 127. The average Bonchev–Trinajstić information content (AvgIpc) is 3.10. The Morgan fingerprint density at radius 1 is 1.17 bits per heavy atom. The summed E-state index contributed by atoms with van der Waals surface area (Å²) in [7, 11) is 0. The van der Waals surface area contributed by atoms with Crippen molar-refractivity contribution in [2.45, 2.75) is 12.8 Å². The summed E-state index contributed by atoms with van der Waals surface area (Å²) < 4.78 is 20.7. The standard InChI is InChI=1S/C18H18FIN2O2/c19-15-4-3-5-16(22-10-1-2-11-22)18(15)21-17(23)12-24-14-8-6-13(20)7-9-14/h3-9H,1-2,10-12H2,(H,21,23). The van der Waals surface area contributed by atoms with E-state index in [0.29, 0.717) is 5.75 Å². The molecule has 0 atom stereocenters. The molecule has 0 spiro atoms. The van der Waals surface area contributed by atoms with E-state index in [0.717, 1.165) is 35.2 Å². The number of halogens is 2. The van der Waals surface area contributed by atoms with E-state index in [9.17, 15) is 9.18 Å². The molecule has 0 unspecified atom stereocenters. The van der Waals surface area contributed by atoms with Crippen LogP contribution in [-0.4, -0.2) is 25.6 Å². The van der Waals surface area contributed by atoms with Crippen LogP contribution in [0.3, 0.4) is 0 Å². The van der Waals surface area contributed by atoms with E-state index < -0.39 is 5.82 Å². The topological polar surface area (TPSA) is 41.6 Å². The minimum absolute atomic E-state index is 0.158. The molecule has 2 aromatic carbocycles. The smallest absolute Gasteiger partial charge is 0.262 e. The second kappa shape index (κ2) is 7.83. The van der Waals surface area contributed by atoms with Gasteiger partial charge in [-0.3, -0.25) is 4.79 Å². The van der Waals surface area contributed by atoms with Crippen LogP contribution in [0.1, 0.15) is 12.8 Å². The average molecular weight is 440 g/mol. The second-order valence-corrected chi connectivity index (χ2v) is 6.86. The quantitative estimate of drug-likeness (QED) is 0.714. The van der Waals surface area contributed by atoms with Crippen molar-refractivity contribution in [2.24, 2.45) is 0 Å². The van der Waals surface area contributed by atoms with E-state index in [4.69, 9.17) is 4.74 Å². The molecule has 4 nitrogen and oxygen atoms in total. The van der Waals surface area contributed by atoms with E-state index >= 15 is 0 Å². The fraction of sp³-hybridized carbons (Fsp3) is 0.278. The Morgan fingerprint density at radius 2 is 1.88 bits per heavy atom. The van der Waals surface area contributed by atoms with Gasteiger partial charge in [0, 0.05) is 16.7 Å². The lowest BCUT2D eigenvalue weighted by atomic mass is 10.2. The molecule has 1 saturated heterocycles. The van der Waals surface area contributed by atoms with Gasteiger partial charge >= 0.3 is 0 Å². The third-order valence-electron chi connectivity index (χ3n) is 3.89. The Balaban J connectivity index is 1.66. The molecule has 1 fully saturated rings. The summed E-state index contributed by atoms with van der Waals surface area (Å²) in [5, 5.41) is 2.66. The molecule has 24 heavy (non-hydrogen) atoms. The highest BCUT2D eigenvalue weighted by molar-refractivity contribution is 14.1. The first-order chi connectivity index (χ1) is 11.6. The predicted molar refractivity (Wildman–Crippen MR) is 101 cm³/mol. The molecule has 0 aromatic heterocycles. The van der Waals surface area contributed by atoms with Crippen LogP contribution < -0.4 is 15.0 Å². The molecule has 2 aromatic rings. The van der Waals surface area contributed by atoms with Crippen molar-refractivity contribution in [1.82, 2.24) is 0 Å². The van der Waals surface area contributed by atoms with Gasteiger partial charge in [0.15, 0.2) is 6.61 Å². The first-order valence-corrected chi connectivity index (χ1v) is 8.93. The molecule has 1 N–H and O–H groups in total. The Morgan fingerprint density at radius 3 is 2.58 bits per heavy atom. The van der Waals surface area contributed by atoms with E-state index in [-0.39, 0.29) is 18.2 Å². The Hall–Kier alpha value is -1.83. The van der Waals surface area contributed by atoms with Crippen LogP contribution in [0.15, 0.2) is 42.5 Å². The molecule has 0 radical (unpaired) electrons. The number of hydrogen-bond donors (Lipinski definition) is 1. The molecule has 3 rings (SSSR count). The zero-order valence-electron chi connectivity index (χ0n) is 13.1. The van der Waals surface area contributed by atoms with Gasteiger partial charge in [0.2, 0.25) is 0 Å². The normalized spacial score (nSPS) is 13.8. The van der Waals surface area contributed by atoms with Gasteiger partial charge < -0.3 is 15.0 Å². The van der Waals surface area contributed by atoms with Crippen LogP contribution in [0.2, 0.25) is 0 Å². The number of para-hydroxylation sites is 1. The summed E-state index contributed by atoms with van der Waals surface area (Å²) in [5.74, 6) is -0.194. The van der Waals surface area contributed by atoms with Crippen LogP contribution >= 0.6 is 22.6 Å². The van der Waals surface area contributed by atoms with Gasteiger partial charge in [0.1, 0.15) is 17.3 Å². The van der Waals surface area contributed by atoms with Gasteiger partial charge in [-0.2, -0.15) is 0 Å². The molecular weight excluding hydrogens is 422 g/mol. The lowest BCUT2D eigenvalue weighted by Gasteiger charge is -2.22. The minimum Gasteiger partial charge on any atom is -0.484 e. The van der Waals surface area contributed by atoms with E-state index in [1.54, 1.807) is 18.2 Å². The SMILES string of the molecule is O=C(COc1ccc(I)cc1)Nc1c(F)cccc1N1CCCC1. The highest BCUT2D eigenvalue weighted by Gasteiger charge is 2.19. The Labute approximate surface area is 154 Å². The van der Waals surface area contributed by atoms with Crippen LogP contribution in [0.5, 0.6) is 5.75 Å². The van der Waals surface area contributed by atoms with E-state index in [1.807, 2.05) is 18.2 Å². The maximum atomic E-state index is 14.2. The third kappa shape index (κ3) is 4.17. The lowest BCUT2D eigenvalue weighted by molar-refractivity contribution is -0.118. The number of rotatable bonds is 5. The first kappa shape index (κ1) is 17.0. The Kier molecular flexibility index (Phi) is 5.55. The van der Waals surface area contributed by atoms with Gasteiger partial charge in [-0.05, 0) is 71.8 Å². The van der Waals surface area contributed by atoms with E-state index in [2.05, 4.69) is 32.8 Å². The molecule has 0 aliphatic carbocycles. The van der Waals surface area contributed by atoms with Crippen LogP contribution in [0.25, 0.3) is 0 Å². The van der Waals surface area contributed by atoms with Crippen LogP contribution in [0.4, 0.5) is 15.8 Å². The number of ether oxygens (including phenoxy) is 1. The molecular formula is C18H18FIN2O2. The number of anilines is 2. The number of benzene rings is 2. The fourth-order valence-corrected chi connectivity index (χ4v) is 3.07. The molecule has 6 heteroatoms. The first-order valence-electron chi connectivity index (χ1n) is 7.85. The highest BCUT2D eigenvalue weighted by Crippen LogP contribution is 2.31. The molecule has 0 bridgehead atoms. The van der Waals surface area contributed by atoms with Crippen molar-refractivity contribution in [2.75, 3.05) is 29.9 Å². The van der Waals surface area contributed by atoms with Crippen molar-refractivity contribution >= 4 is 39.9 Å². The summed E-state index contributed by atoms with van der Waals surface area (Å²) in [6.07, 6.45) is 2.17. The summed E-state index contributed by atoms with van der Waals surface area (Å²) >= 11 is 2.20. The monoisotopic (exact) mass is 440 g/mol. The maximum Gasteiger partial charge on any atom is 0.262 e. The zero-order chi connectivity index (χ0) is 16.9. The third-order valence-corrected chi connectivity index (χ3v) is 4.61. The van der Waals surface area contributed by atoms with Gasteiger partial charge in [0.05, 0.1) is 5.69 Å². The van der Waals surface area contributed by atoms with Gasteiger partial charge in [-0.25, -0.2) is 4.39 Å². The molecule has 1 amide bonds. The Bertz CT molecular complexity index is 715. The van der Waals surface area contributed by atoms with Crippen molar-refractivity contribution in [3.63, 3.8) is 0 Å². The number of carbonyl (C=O) groups excluding carboxylic acids is 1. The lowest BCUT2D eigenvalue weighted by Crippen LogP contribution is -2.24. The summed E-state index contributed by atoms with van der Waals surface area (Å²) in [6.45, 7) is 1.60. The van der Waals surface area contributed by atoms with Crippen molar-refractivity contribution in [1.29, 1.82) is 0 Å². The van der Waals surface area contributed by atoms with Crippen LogP contribution in [0, 0.1) is 9.39 Å². The number of nitrogens with one attached hydrogen (secondary N) is 1. The number of carbonyl (C=O) groups is 1. The second-order valence-electron chi connectivity index (χ2n) is 5.62. The molecule has 0 saturated carbocycles. The summed E-state index contributed by atoms with van der Waals surface area (Å²) in [6, 6.07) is 12.3. The van der Waals surface area contributed by atoms with Gasteiger partial charge in [-0.15, -0.1) is 0 Å². The molecule has 126 valence electrons. The molecule has 1 aliphatic heterocycles. The van der Waals surface area contributed by atoms with Crippen molar-refractivity contribution in [3.05, 3.63) is 51.9 Å². The van der Waals surface area contributed by atoms with E-state index in [1.165, 1.54) is 6.07 Å².